The lowest BCUT2D eigenvalue weighted by Crippen LogP contribution is -2.26. The van der Waals surface area contributed by atoms with Crippen molar-refractivity contribution in [1.29, 1.82) is 0 Å². The van der Waals surface area contributed by atoms with Crippen LogP contribution in [-0.2, 0) is 11.2 Å². The van der Waals surface area contributed by atoms with Gasteiger partial charge in [-0.15, -0.1) is 0 Å². The first-order valence-corrected chi connectivity index (χ1v) is 6.78. The molecule has 0 heterocycles. The molecule has 0 aliphatic heterocycles. The zero-order valence-electron chi connectivity index (χ0n) is 12.0. The van der Waals surface area contributed by atoms with E-state index < -0.39 is 0 Å². The minimum atomic E-state index is -0.343. The van der Waals surface area contributed by atoms with Crippen molar-refractivity contribution in [1.82, 2.24) is 0 Å². The largest absolute Gasteiger partial charge is 0.465 e. The molecule has 21 heavy (non-hydrogen) atoms. The maximum absolute atomic E-state index is 11.4. The Kier molecular flexibility index (Phi) is 5.09. The molecule has 0 aliphatic rings. The second-order valence-electron chi connectivity index (χ2n) is 4.92. The molecule has 1 atom stereocenters. The quantitative estimate of drug-likeness (QED) is 0.824. The molecule has 4 nitrogen and oxygen atoms in total. The van der Waals surface area contributed by atoms with Crippen molar-refractivity contribution in [2.24, 2.45) is 5.73 Å². The molecule has 1 unspecified atom stereocenters. The van der Waals surface area contributed by atoms with E-state index >= 15 is 0 Å². The predicted octanol–water partition coefficient (Wildman–Crippen LogP) is 2.00. The van der Waals surface area contributed by atoms with Crippen LogP contribution in [0.2, 0.25) is 0 Å². The molecular weight excluding hydrogens is 266 g/mol. The van der Waals surface area contributed by atoms with Crippen LogP contribution in [0, 0.1) is 0 Å². The number of hydrogen-bond donors (Lipinski definition) is 2. The van der Waals surface area contributed by atoms with Crippen molar-refractivity contribution in [3.05, 3.63) is 59.7 Å². The van der Waals surface area contributed by atoms with Crippen LogP contribution in [0.15, 0.2) is 48.5 Å². The van der Waals surface area contributed by atoms with Gasteiger partial charge in [-0.25, -0.2) is 4.79 Å². The second-order valence-corrected chi connectivity index (χ2v) is 4.92. The third kappa shape index (κ3) is 3.90. The van der Waals surface area contributed by atoms with Crippen molar-refractivity contribution in [2.45, 2.75) is 12.5 Å². The van der Waals surface area contributed by atoms with Gasteiger partial charge in [0.25, 0.3) is 0 Å². The normalized spacial score (nSPS) is 12.0. The summed E-state index contributed by atoms with van der Waals surface area (Å²) in [6.45, 7) is -0.0297. The van der Waals surface area contributed by atoms with Gasteiger partial charge in [-0.1, -0.05) is 36.4 Å². The van der Waals surface area contributed by atoms with E-state index in [0.717, 1.165) is 16.7 Å². The molecule has 2 aromatic rings. The molecule has 0 aromatic heterocycles. The maximum Gasteiger partial charge on any atom is 0.337 e. The Balaban J connectivity index is 2.21. The fourth-order valence-electron chi connectivity index (χ4n) is 2.16. The molecule has 0 bridgehead atoms. The molecule has 110 valence electrons. The molecule has 2 aromatic carbocycles. The Morgan fingerprint density at radius 1 is 1.19 bits per heavy atom. The summed E-state index contributed by atoms with van der Waals surface area (Å²) >= 11 is 0. The number of methoxy groups -OCH3 is 1. The van der Waals surface area contributed by atoms with Gasteiger partial charge in [-0.3, -0.25) is 0 Å². The Labute approximate surface area is 124 Å². The fourth-order valence-corrected chi connectivity index (χ4v) is 2.16. The van der Waals surface area contributed by atoms with Gasteiger partial charge in [0.2, 0.25) is 0 Å². The van der Waals surface area contributed by atoms with Crippen LogP contribution in [0.1, 0.15) is 15.9 Å². The van der Waals surface area contributed by atoms with E-state index in [-0.39, 0.29) is 18.6 Å². The summed E-state index contributed by atoms with van der Waals surface area (Å²) in [6.07, 6.45) is 0.630. The van der Waals surface area contributed by atoms with Crippen molar-refractivity contribution in [2.75, 3.05) is 13.7 Å². The molecule has 0 fully saturated rings. The number of esters is 1. The molecule has 2 rings (SSSR count). The molecule has 3 N–H and O–H groups in total. The van der Waals surface area contributed by atoms with E-state index in [1.165, 1.54) is 7.11 Å². The van der Waals surface area contributed by atoms with Gasteiger partial charge in [0.15, 0.2) is 0 Å². The summed E-state index contributed by atoms with van der Waals surface area (Å²) in [6, 6.07) is 15.0. The predicted molar refractivity (Wildman–Crippen MR) is 82.0 cm³/mol. The number of hydrogen-bond acceptors (Lipinski definition) is 4. The van der Waals surface area contributed by atoms with Gasteiger partial charge in [-0.05, 0) is 35.2 Å². The first-order valence-electron chi connectivity index (χ1n) is 6.78. The highest BCUT2D eigenvalue weighted by Crippen LogP contribution is 2.21. The molecule has 4 heteroatoms. The second kappa shape index (κ2) is 7.02. The van der Waals surface area contributed by atoms with Crippen LogP contribution >= 0.6 is 0 Å². The van der Waals surface area contributed by atoms with Gasteiger partial charge in [0.1, 0.15) is 0 Å². The number of benzene rings is 2. The number of nitrogens with two attached hydrogens (primary N) is 1. The van der Waals surface area contributed by atoms with Crippen molar-refractivity contribution < 1.29 is 14.6 Å². The molecule has 0 spiro atoms. The fraction of sp³-hybridized carbons (Fsp3) is 0.235. The highest BCUT2D eigenvalue weighted by atomic mass is 16.5. The number of aliphatic hydroxyl groups excluding tert-OH is 1. The zero-order chi connectivity index (χ0) is 15.2. The Morgan fingerprint density at radius 2 is 1.90 bits per heavy atom. The summed E-state index contributed by atoms with van der Waals surface area (Å²) in [4.78, 5) is 11.4. The number of aliphatic hydroxyl groups is 1. The summed E-state index contributed by atoms with van der Waals surface area (Å²) in [5.74, 6) is -0.343. The smallest absolute Gasteiger partial charge is 0.337 e. The van der Waals surface area contributed by atoms with Gasteiger partial charge in [0.05, 0.1) is 19.3 Å². The lowest BCUT2D eigenvalue weighted by atomic mass is 9.99. The minimum absolute atomic E-state index is 0.0297. The molecule has 0 saturated carbocycles. The first kappa shape index (κ1) is 15.2. The summed E-state index contributed by atoms with van der Waals surface area (Å²) < 4.78 is 4.68. The number of ether oxygens (including phenoxy) is 1. The monoisotopic (exact) mass is 285 g/mol. The lowest BCUT2D eigenvalue weighted by Gasteiger charge is -2.10. The van der Waals surface area contributed by atoms with E-state index in [1.807, 2.05) is 36.4 Å². The van der Waals surface area contributed by atoms with Crippen LogP contribution in [-0.4, -0.2) is 30.8 Å². The van der Waals surface area contributed by atoms with Crippen molar-refractivity contribution in [3.63, 3.8) is 0 Å². The van der Waals surface area contributed by atoms with E-state index in [9.17, 15) is 4.79 Å². The van der Waals surface area contributed by atoms with Crippen LogP contribution in [0.25, 0.3) is 11.1 Å². The number of carbonyl (C=O) groups is 1. The first-order chi connectivity index (χ1) is 10.1. The summed E-state index contributed by atoms with van der Waals surface area (Å²) in [7, 11) is 1.37. The third-order valence-corrected chi connectivity index (χ3v) is 3.30. The highest BCUT2D eigenvalue weighted by Gasteiger charge is 2.07. The van der Waals surface area contributed by atoms with Crippen molar-refractivity contribution in [3.8, 4) is 11.1 Å². The van der Waals surface area contributed by atoms with E-state index in [2.05, 4.69) is 4.74 Å². The average molecular weight is 285 g/mol. The average Bonchev–Trinajstić information content (AvgIpc) is 2.54. The highest BCUT2D eigenvalue weighted by molar-refractivity contribution is 5.89. The van der Waals surface area contributed by atoms with Crippen LogP contribution in [0.3, 0.4) is 0 Å². The Bertz CT molecular complexity index is 608. The van der Waals surface area contributed by atoms with E-state index in [1.54, 1.807) is 12.1 Å². The number of rotatable bonds is 5. The van der Waals surface area contributed by atoms with Gasteiger partial charge >= 0.3 is 5.97 Å². The molecular formula is C17H19NO3. The standard InChI is InChI=1S/C17H19NO3/c1-21-17(20)14-7-5-13(6-8-14)15-4-2-3-12(9-15)10-16(18)11-19/h2-9,16,19H,10-11,18H2,1H3. The molecule has 0 saturated heterocycles. The van der Waals surface area contributed by atoms with Gasteiger partial charge in [-0.2, -0.15) is 0 Å². The van der Waals surface area contributed by atoms with E-state index in [4.69, 9.17) is 10.8 Å². The minimum Gasteiger partial charge on any atom is -0.465 e. The molecule has 0 amide bonds. The summed E-state index contributed by atoms with van der Waals surface area (Å²) in [5, 5.41) is 9.02. The Morgan fingerprint density at radius 3 is 2.52 bits per heavy atom. The third-order valence-electron chi connectivity index (χ3n) is 3.30. The SMILES string of the molecule is COC(=O)c1ccc(-c2cccc(CC(N)CO)c2)cc1. The van der Waals surface area contributed by atoms with Crippen LogP contribution in [0.4, 0.5) is 0 Å². The summed E-state index contributed by atoms with van der Waals surface area (Å²) in [5.41, 5.74) is 9.43. The van der Waals surface area contributed by atoms with E-state index in [0.29, 0.717) is 12.0 Å². The van der Waals surface area contributed by atoms with Crippen LogP contribution < -0.4 is 5.73 Å². The number of carbonyl (C=O) groups excluding carboxylic acids is 1. The van der Waals surface area contributed by atoms with Gasteiger partial charge < -0.3 is 15.6 Å². The van der Waals surface area contributed by atoms with Gasteiger partial charge in [0, 0.05) is 6.04 Å². The maximum atomic E-state index is 11.4. The lowest BCUT2D eigenvalue weighted by molar-refractivity contribution is 0.0601. The topological polar surface area (TPSA) is 72.5 Å². The Hall–Kier alpha value is -2.17. The molecule has 0 radical (unpaired) electrons. The zero-order valence-corrected chi connectivity index (χ0v) is 12.0. The van der Waals surface area contributed by atoms with Crippen molar-refractivity contribution >= 4 is 5.97 Å². The van der Waals surface area contributed by atoms with Crippen LogP contribution in [0.5, 0.6) is 0 Å². The molecule has 0 aliphatic carbocycles.